The van der Waals surface area contributed by atoms with Crippen molar-refractivity contribution in [1.82, 2.24) is 15.1 Å². The second kappa shape index (κ2) is 7.73. The molecule has 2 saturated carbocycles. The highest BCUT2D eigenvalue weighted by Gasteiger charge is 2.51. The lowest BCUT2D eigenvalue weighted by molar-refractivity contribution is -0.128. The average molecular weight is 380 g/mol. The third-order valence-electron chi connectivity index (χ3n) is 7.32. The first-order valence-electron chi connectivity index (χ1n) is 10.8. The number of aromatic nitrogens is 2. The van der Waals surface area contributed by atoms with E-state index in [2.05, 4.69) is 54.6 Å². The molecular formula is C24H33N3O. The number of aryl methyl sites for hydroxylation is 1. The molecule has 5 atom stereocenters. The molecule has 150 valence electrons. The third kappa shape index (κ3) is 3.38. The van der Waals surface area contributed by atoms with Crippen molar-refractivity contribution in [3.05, 3.63) is 52.8 Å². The van der Waals surface area contributed by atoms with E-state index < -0.39 is 0 Å². The number of fused-ring (bicyclic) bond motifs is 1. The number of carbonyl (C=O) groups is 1. The fourth-order valence-electron chi connectivity index (χ4n) is 5.41. The van der Waals surface area contributed by atoms with Crippen LogP contribution in [0.4, 0.5) is 0 Å². The van der Waals surface area contributed by atoms with Crippen molar-refractivity contribution >= 4 is 5.91 Å². The van der Waals surface area contributed by atoms with Crippen LogP contribution in [0.2, 0.25) is 0 Å². The summed E-state index contributed by atoms with van der Waals surface area (Å²) < 4.78 is 1.99. The van der Waals surface area contributed by atoms with Gasteiger partial charge in [-0.15, -0.1) is 0 Å². The second-order valence-electron chi connectivity index (χ2n) is 8.96. The number of hydrogen-bond donors (Lipinski definition) is 1. The van der Waals surface area contributed by atoms with Gasteiger partial charge in [0.2, 0.25) is 5.91 Å². The van der Waals surface area contributed by atoms with E-state index in [9.17, 15) is 4.79 Å². The zero-order chi connectivity index (χ0) is 19.8. The number of hydrogen-bond acceptors (Lipinski definition) is 2. The van der Waals surface area contributed by atoms with E-state index in [0.29, 0.717) is 18.4 Å². The molecular weight excluding hydrogens is 346 g/mol. The number of carbonyl (C=O) groups excluding carboxylic acids is 1. The van der Waals surface area contributed by atoms with E-state index in [0.717, 1.165) is 17.3 Å². The third-order valence-corrected chi connectivity index (χ3v) is 7.32. The smallest absolute Gasteiger partial charge is 0.224 e. The second-order valence-corrected chi connectivity index (χ2v) is 8.96. The summed E-state index contributed by atoms with van der Waals surface area (Å²) in [5.41, 5.74) is 4.83. The van der Waals surface area contributed by atoms with Crippen LogP contribution in [0.3, 0.4) is 0 Å². The van der Waals surface area contributed by atoms with E-state index in [1.54, 1.807) is 0 Å². The first-order chi connectivity index (χ1) is 13.5. The van der Waals surface area contributed by atoms with Gasteiger partial charge in [-0.25, -0.2) is 0 Å². The van der Waals surface area contributed by atoms with Crippen LogP contribution in [0.5, 0.6) is 0 Å². The van der Waals surface area contributed by atoms with Gasteiger partial charge in [0, 0.05) is 17.7 Å². The summed E-state index contributed by atoms with van der Waals surface area (Å²) in [5.74, 6) is 1.93. The van der Waals surface area contributed by atoms with Gasteiger partial charge in [-0.1, -0.05) is 50.1 Å². The average Bonchev–Trinajstić information content (AvgIpc) is 2.93. The Bertz CT molecular complexity index is 841. The van der Waals surface area contributed by atoms with Crippen molar-refractivity contribution in [2.45, 2.75) is 71.9 Å². The van der Waals surface area contributed by atoms with Crippen molar-refractivity contribution in [2.24, 2.45) is 17.8 Å². The van der Waals surface area contributed by atoms with E-state index in [1.807, 2.05) is 18.5 Å². The van der Waals surface area contributed by atoms with Crippen LogP contribution in [0.25, 0.3) is 0 Å². The number of nitrogens with one attached hydrogen (secondary N) is 1. The molecule has 2 aliphatic carbocycles. The molecule has 2 fully saturated rings. The Morgan fingerprint density at radius 1 is 1.14 bits per heavy atom. The molecule has 0 unspecified atom stereocenters. The van der Waals surface area contributed by atoms with Crippen molar-refractivity contribution in [1.29, 1.82) is 0 Å². The van der Waals surface area contributed by atoms with Crippen LogP contribution in [-0.4, -0.2) is 21.7 Å². The van der Waals surface area contributed by atoms with Crippen LogP contribution in [0.1, 0.15) is 61.0 Å². The molecule has 4 heteroatoms. The summed E-state index contributed by atoms with van der Waals surface area (Å²) in [4.78, 5) is 13.1. The summed E-state index contributed by atoms with van der Waals surface area (Å²) in [5, 5.41) is 8.06. The zero-order valence-electron chi connectivity index (χ0n) is 17.6. The van der Waals surface area contributed by atoms with Crippen molar-refractivity contribution in [2.75, 3.05) is 0 Å². The highest BCUT2D eigenvalue weighted by molar-refractivity contribution is 5.79. The summed E-state index contributed by atoms with van der Waals surface area (Å²) in [7, 11) is 0. The fourth-order valence-corrected chi connectivity index (χ4v) is 5.41. The fraction of sp³-hybridized carbons (Fsp3) is 0.583. The molecule has 2 aliphatic rings. The quantitative estimate of drug-likeness (QED) is 0.829. The molecule has 1 aromatic heterocycles. The predicted molar refractivity (Wildman–Crippen MR) is 112 cm³/mol. The van der Waals surface area contributed by atoms with Crippen LogP contribution in [0, 0.1) is 38.5 Å². The number of amides is 1. The topological polar surface area (TPSA) is 46.9 Å². The van der Waals surface area contributed by atoms with Gasteiger partial charge in [0.05, 0.1) is 18.2 Å². The van der Waals surface area contributed by atoms with Crippen LogP contribution < -0.4 is 5.32 Å². The summed E-state index contributed by atoms with van der Waals surface area (Å²) in [6.45, 7) is 8.88. The van der Waals surface area contributed by atoms with Crippen LogP contribution in [-0.2, 0) is 11.3 Å². The van der Waals surface area contributed by atoms with Gasteiger partial charge in [-0.3, -0.25) is 9.48 Å². The van der Waals surface area contributed by atoms with Gasteiger partial charge in [0.15, 0.2) is 0 Å². The van der Waals surface area contributed by atoms with Gasteiger partial charge in [-0.2, -0.15) is 5.10 Å². The molecule has 1 aromatic carbocycles. The molecule has 0 spiro atoms. The molecule has 1 heterocycles. The molecule has 0 aliphatic heterocycles. The molecule has 1 N–H and O–H groups in total. The largest absolute Gasteiger partial charge is 0.352 e. The van der Waals surface area contributed by atoms with Crippen molar-refractivity contribution in [3.8, 4) is 0 Å². The molecule has 0 saturated heterocycles. The molecule has 28 heavy (non-hydrogen) atoms. The Labute approximate surface area is 168 Å². The minimum absolute atomic E-state index is 0.0866. The summed E-state index contributed by atoms with van der Waals surface area (Å²) in [6.07, 6.45) is 5.19. The van der Waals surface area contributed by atoms with Crippen LogP contribution >= 0.6 is 0 Å². The summed E-state index contributed by atoms with van der Waals surface area (Å²) in [6, 6.07) is 11.1. The molecule has 2 aromatic rings. The van der Waals surface area contributed by atoms with Gasteiger partial charge in [0.1, 0.15) is 0 Å². The first kappa shape index (κ1) is 19.2. The van der Waals surface area contributed by atoms with Crippen molar-refractivity contribution < 1.29 is 4.79 Å². The van der Waals surface area contributed by atoms with Crippen LogP contribution in [0.15, 0.2) is 30.3 Å². The molecule has 0 radical (unpaired) electrons. The predicted octanol–water partition coefficient (Wildman–Crippen LogP) is 4.53. The maximum atomic E-state index is 13.1. The monoisotopic (exact) mass is 379 g/mol. The van der Waals surface area contributed by atoms with Crippen molar-refractivity contribution in [3.63, 3.8) is 0 Å². The maximum absolute atomic E-state index is 13.1. The molecule has 1 amide bonds. The van der Waals surface area contributed by atoms with Gasteiger partial charge < -0.3 is 5.32 Å². The standard InChI is InChI=1S/C24H33N3O/c1-15(14-27-18(4)16(2)17(3)26-27)24(28)25-23-21-13-9-8-12-20(21)22(23)19-10-6-5-7-11-19/h5-7,10-11,15,20-23H,8-9,12-14H2,1-4H3,(H,25,28)/t15-,20-,21+,22-,23-/m0/s1. The Kier molecular flexibility index (Phi) is 5.31. The highest BCUT2D eigenvalue weighted by Crippen LogP contribution is 2.54. The highest BCUT2D eigenvalue weighted by atomic mass is 16.2. The lowest BCUT2D eigenvalue weighted by atomic mass is 9.53. The first-order valence-corrected chi connectivity index (χ1v) is 10.8. The Morgan fingerprint density at radius 3 is 2.46 bits per heavy atom. The van der Waals surface area contributed by atoms with Gasteiger partial charge in [-0.05, 0) is 56.6 Å². The number of nitrogens with zero attached hydrogens (tertiary/aromatic N) is 2. The lowest BCUT2D eigenvalue weighted by Gasteiger charge is -2.55. The van der Waals surface area contributed by atoms with Gasteiger partial charge >= 0.3 is 0 Å². The van der Waals surface area contributed by atoms with Gasteiger partial charge in [0.25, 0.3) is 0 Å². The SMILES string of the molecule is Cc1nn(C[C@H](C)C(=O)N[C@H]2[C@@H]3CCCC[C@@H]3[C@@H]2c2ccccc2)c(C)c1C. The normalized spacial score (nSPS) is 27.6. The lowest BCUT2D eigenvalue weighted by Crippen LogP contribution is -2.60. The zero-order valence-corrected chi connectivity index (χ0v) is 17.6. The Morgan fingerprint density at radius 2 is 1.82 bits per heavy atom. The number of benzene rings is 1. The van der Waals surface area contributed by atoms with E-state index in [-0.39, 0.29) is 17.9 Å². The minimum Gasteiger partial charge on any atom is -0.352 e. The molecule has 4 nitrogen and oxygen atoms in total. The molecule has 4 rings (SSSR count). The minimum atomic E-state index is -0.0866. The maximum Gasteiger partial charge on any atom is 0.224 e. The summed E-state index contributed by atoms with van der Waals surface area (Å²) >= 11 is 0. The van der Waals surface area contributed by atoms with E-state index >= 15 is 0 Å². The Hall–Kier alpha value is -2.10. The Balaban J connectivity index is 1.46. The van der Waals surface area contributed by atoms with E-state index in [4.69, 9.17) is 0 Å². The number of rotatable bonds is 5. The molecule has 0 bridgehead atoms. The van der Waals surface area contributed by atoms with E-state index in [1.165, 1.54) is 36.8 Å².